The number of nitrogens with two attached hydrogens (primary N) is 1. The van der Waals surface area contributed by atoms with Gasteiger partial charge in [-0.25, -0.2) is 4.79 Å². The van der Waals surface area contributed by atoms with E-state index in [-0.39, 0.29) is 18.8 Å². The average molecular weight is 476 g/mol. The predicted molar refractivity (Wildman–Crippen MR) is 131 cm³/mol. The van der Waals surface area contributed by atoms with Crippen LogP contribution in [0.1, 0.15) is 58.7 Å². The maximum Gasteiger partial charge on any atom is 0.312 e. The minimum Gasteiger partial charge on any atom is -0.457 e. The van der Waals surface area contributed by atoms with E-state index in [0.29, 0.717) is 28.7 Å². The lowest BCUT2D eigenvalue weighted by atomic mass is 10.0. The van der Waals surface area contributed by atoms with Gasteiger partial charge in [0, 0.05) is 23.0 Å². The summed E-state index contributed by atoms with van der Waals surface area (Å²) in [4.78, 5) is 36.9. The summed E-state index contributed by atoms with van der Waals surface area (Å²) in [5.41, 5.74) is 8.46. The molecule has 1 saturated carbocycles. The van der Waals surface area contributed by atoms with E-state index in [4.69, 9.17) is 15.2 Å². The van der Waals surface area contributed by atoms with Crippen molar-refractivity contribution in [3.8, 4) is 11.5 Å². The van der Waals surface area contributed by atoms with Gasteiger partial charge in [0.1, 0.15) is 11.5 Å². The first-order valence-electron chi connectivity index (χ1n) is 11.6. The number of urea groups is 1. The molecule has 0 saturated heterocycles. The van der Waals surface area contributed by atoms with Crippen molar-refractivity contribution >= 4 is 17.8 Å². The van der Waals surface area contributed by atoms with Crippen molar-refractivity contribution in [1.82, 2.24) is 9.88 Å². The number of benzene rings is 2. The number of carbonyl (C=O) groups is 3. The fourth-order valence-electron chi connectivity index (χ4n) is 4.25. The largest absolute Gasteiger partial charge is 0.457 e. The first-order chi connectivity index (χ1) is 16.8. The first-order valence-corrected chi connectivity index (χ1v) is 11.6. The summed E-state index contributed by atoms with van der Waals surface area (Å²) in [6, 6.07) is 17.0. The second kappa shape index (κ2) is 10.5. The molecule has 182 valence electrons. The van der Waals surface area contributed by atoms with E-state index in [2.05, 4.69) is 9.88 Å². The molecule has 0 unspecified atom stereocenters. The van der Waals surface area contributed by atoms with E-state index in [1.165, 1.54) is 0 Å². The van der Waals surface area contributed by atoms with Crippen LogP contribution in [0.4, 0.5) is 4.79 Å². The summed E-state index contributed by atoms with van der Waals surface area (Å²) < 4.78 is 13.3. The third kappa shape index (κ3) is 6.09. The standard InChI is InChI=1S/C27H29N3O5/c1-17-13-23(18(2)30(17)20-11-12-20)25(31)16-34-26(32)15-24(29-27(28)33)19-7-6-10-22(14-19)35-21-8-4-3-5-9-21/h3-10,13-14,20,24H,11-12,15-16H2,1-2H3,(H3,28,29,33)/t24-/m0/s1. The number of rotatable bonds is 10. The van der Waals surface area contributed by atoms with Gasteiger partial charge in [-0.2, -0.15) is 0 Å². The topological polar surface area (TPSA) is 113 Å². The molecule has 1 aliphatic rings. The number of aryl methyl sites for hydroxylation is 1. The van der Waals surface area contributed by atoms with Crippen LogP contribution in [-0.2, 0) is 9.53 Å². The molecule has 1 aliphatic carbocycles. The SMILES string of the molecule is Cc1cc(C(=O)COC(=O)C[C@H](NC(N)=O)c2cccc(Oc3ccccc3)c2)c(C)n1C1CC1. The molecule has 0 spiro atoms. The predicted octanol–water partition coefficient (Wildman–Crippen LogP) is 4.76. The van der Waals surface area contributed by atoms with Crippen molar-refractivity contribution in [3.05, 3.63) is 83.2 Å². The number of carbonyl (C=O) groups excluding carboxylic acids is 3. The van der Waals surface area contributed by atoms with Gasteiger partial charge in [-0.15, -0.1) is 0 Å². The summed E-state index contributed by atoms with van der Waals surface area (Å²) >= 11 is 0. The second-order valence-corrected chi connectivity index (χ2v) is 8.72. The Morgan fingerprint density at radius 1 is 1.03 bits per heavy atom. The Hall–Kier alpha value is -4.07. The molecule has 1 aromatic heterocycles. The maximum atomic E-state index is 12.7. The highest BCUT2D eigenvalue weighted by Crippen LogP contribution is 2.38. The number of hydrogen-bond donors (Lipinski definition) is 2. The van der Waals surface area contributed by atoms with Crippen LogP contribution in [0.15, 0.2) is 60.7 Å². The Labute approximate surface area is 204 Å². The number of Topliss-reactive ketones (excluding diaryl/α,β-unsaturated/α-hetero) is 1. The van der Waals surface area contributed by atoms with Crippen LogP contribution in [0, 0.1) is 13.8 Å². The molecule has 0 aliphatic heterocycles. The number of nitrogens with one attached hydrogen (secondary N) is 1. The summed E-state index contributed by atoms with van der Waals surface area (Å²) in [5, 5.41) is 2.57. The summed E-state index contributed by atoms with van der Waals surface area (Å²) in [6.07, 6.45) is 2.04. The van der Waals surface area contributed by atoms with E-state index in [0.717, 1.165) is 24.2 Å². The molecular formula is C27H29N3O5. The van der Waals surface area contributed by atoms with Gasteiger partial charge in [-0.05, 0) is 62.6 Å². The molecule has 3 N–H and O–H groups in total. The third-order valence-electron chi connectivity index (χ3n) is 5.99. The molecule has 1 atom stereocenters. The summed E-state index contributed by atoms with van der Waals surface area (Å²) in [5.74, 6) is 0.320. The smallest absolute Gasteiger partial charge is 0.312 e. The molecular weight excluding hydrogens is 446 g/mol. The highest BCUT2D eigenvalue weighted by atomic mass is 16.5. The minimum atomic E-state index is -0.777. The number of primary amides is 1. The molecule has 4 rings (SSSR count). The average Bonchev–Trinajstić information content (AvgIpc) is 3.61. The third-order valence-corrected chi connectivity index (χ3v) is 5.99. The zero-order valence-corrected chi connectivity index (χ0v) is 19.8. The zero-order chi connectivity index (χ0) is 24.9. The Morgan fingerprint density at radius 3 is 2.43 bits per heavy atom. The Balaban J connectivity index is 1.40. The molecule has 2 amide bonds. The van der Waals surface area contributed by atoms with Gasteiger partial charge < -0.3 is 25.1 Å². The van der Waals surface area contributed by atoms with Gasteiger partial charge >= 0.3 is 12.0 Å². The van der Waals surface area contributed by atoms with Crippen molar-refractivity contribution < 1.29 is 23.9 Å². The molecule has 8 heteroatoms. The molecule has 3 aromatic rings. The number of ketones is 1. The van der Waals surface area contributed by atoms with E-state index in [9.17, 15) is 14.4 Å². The van der Waals surface area contributed by atoms with E-state index >= 15 is 0 Å². The van der Waals surface area contributed by atoms with Crippen molar-refractivity contribution in [2.24, 2.45) is 5.73 Å². The van der Waals surface area contributed by atoms with Crippen LogP contribution in [0.3, 0.4) is 0 Å². The van der Waals surface area contributed by atoms with Gasteiger partial charge in [-0.1, -0.05) is 30.3 Å². The Bertz CT molecular complexity index is 1230. The van der Waals surface area contributed by atoms with Crippen molar-refractivity contribution in [1.29, 1.82) is 0 Å². The number of amides is 2. The van der Waals surface area contributed by atoms with E-state index in [1.54, 1.807) is 24.3 Å². The molecule has 0 bridgehead atoms. The lowest BCUT2D eigenvalue weighted by Crippen LogP contribution is -2.34. The molecule has 2 aromatic carbocycles. The zero-order valence-electron chi connectivity index (χ0n) is 19.8. The van der Waals surface area contributed by atoms with Crippen LogP contribution >= 0.6 is 0 Å². The number of nitrogens with zero attached hydrogens (tertiary/aromatic N) is 1. The molecule has 8 nitrogen and oxygen atoms in total. The number of ether oxygens (including phenoxy) is 2. The summed E-state index contributed by atoms with van der Waals surface area (Å²) in [6.45, 7) is 3.52. The van der Waals surface area contributed by atoms with Crippen LogP contribution in [-0.4, -0.2) is 29.0 Å². The van der Waals surface area contributed by atoms with Crippen molar-refractivity contribution in [2.75, 3.05) is 6.61 Å². The lowest BCUT2D eigenvalue weighted by molar-refractivity contribution is -0.143. The van der Waals surface area contributed by atoms with Gasteiger partial charge in [0.25, 0.3) is 0 Å². The van der Waals surface area contributed by atoms with Crippen molar-refractivity contribution in [3.63, 3.8) is 0 Å². The lowest BCUT2D eigenvalue weighted by Gasteiger charge is -2.18. The molecule has 35 heavy (non-hydrogen) atoms. The molecule has 1 heterocycles. The molecule has 0 radical (unpaired) electrons. The van der Waals surface area contributed by atoms with Crippen molar-refractivity contribution in [2.45, 2.75) is 45.2 Å². The second-order valence-electron chi connectivity index (χ2n) is 8.72. The number of aromatic nitrogens is 1. The van der Waals surface area contributed by atoms with Gasteiger partial charge in [0.05, 0.1) is 12.5 Å². The number of para-hydroxylation sites is 1. The van der Waals surface area contributed by atoms with Gasteiger partial charge in [0.15, 0.2) is 6.61 Å². The quantitative estimate of drug-likeness (QED) is 0.324. The van der Waals surface area contributed by atoms with E-state index in [1.807, 2.05) is 50.2 Å². The highest BCUT2D eigenvalue weighted by molar-refractivity contribution is 5.99. The van der Waals surface area contributed by atoms with Crippen LogP contribution in [0.25, 0.3) is 0 Å². The Kier molecular flexibility index (Phi) is 7.19. The summed E-state index contributed by atoms with van der Waals surface area (Å²) in [7, 11) is 0. The molecule has 1 fully saturated rings. The monoisotopic (exact) mass is 475 g/mol. The van der Waals surface area contributed by atoms with Crippen LogP contribution in [0.5, 0.6) is 11.5 Å². The number of esters is 1. The highest BCUT2D eigenvalue weighted by Gasteiger charge is 2.28. The first kappa shape index (κ1) is 24.1. The maximum absolute atomic E-state index is 12.7. The fraction of sp³-hybridized carbons (Fsp3) is 0.296. The van der Waals surface area contributed by atoms with Gasteiger partial charge in [-0.3, -0.25) is 9.59 Å². The normalized spacial score (nSPS) is 13.7. The fourth-order valence-corrected chi connectivity index (χ4v) is 4.25. The van der Waals surface area contributed by atoms with E-state index < -0.39 is 18.0 Å². The van der Waals surface area contributed by atoms with Crippen LogP contribution in [0.2, 0.25) is 0 Å². The number of hydrogen-bond acceptors (Lipinski definition) is 5. The van der Waals surface area contributed by atoms with Gasteiger partial charge in [0.2, 0.25) is 5.78 Å². The Morgan fingerprint density at radius 2 is 1.74 bits per heavy atom. The minimum absolute atomic E-state index is 0.188. The van der Waals surface area contributed by atoms with Crippen LogP contribution < -0.4 is 15.8 Å².